The van der Waals surface area contributed by atoms with Crippen LogP contribution in [0.4, 0.5) is 0 Å². The number of imidazole rings is 1. The van der Waals surface area contributed by atoms with Crippen molar-refractivity contribution in [1.82, 2.24) is 14.9 Å². The SMILES string of the molecule is C=CCn1c(SCC(=O)NCc2ccco2)nc2c(=O)c3c(sc21)CCCC3. The van der Waals surface area contributed by atoms with E-state index in [1.807, 2.05) is 10.6 Å². The van der Waals surface area contributed by atoms with Crippen LogP contribution in [0.3, 0.4) is 0 Å². The summed E-state index contributed by atoms with van der Waals surface area (Å²) in [6, 6.07) is 3.60. The third-order valence-corrected chi connectivity index (χ3v) is 6.98. The number of hydrogen-bond acceptors (Lipinski definition) is 6. The van der Waals surface area contributed by atoms with E-state index in [-0.39, 0.29) is 17.1 Å². The molecule has 3 aromatic heterocycles. The number of amides is 1. The summed E-state index contributed by atoms with van der Waals surface area (Å²) in [5.41, 5.74) is 1.50. The van der Waals surface area contributed by atoms with Crippen LogP contribution in [0, 0.1) is 0 Å². The van der Waals surface area contributed by atoms with Crippen LogP contribution in [-0.2, 0) is 30.7 Å². The van der Waals surface area contributed by atoms with E-state index < -0.39 is 0 Å². The predicted octanol–water partition coefficient (Wildman–Crippen LogP) is 3.52. The molecule has 1 amide bonds. The number of furan rings is 1. The van der Waals surface area contributed by atoms with Gasteiger partial charge in [0.05, 0.1) is 18.6 Å². The van der Waals surface area contributed by atoms with Crippen LogP contribution >= 0.6 is 23.1 Å². The van der Waals surface area contributed by atoms with E-state index in [0.29, 0.717) is 29.5 Å². The van der Waals surface area contributed by atoms with Crippen LogP contribution in [0.1, 0.15) is 29.0 Å². The lowest BCUT2D eigenvalue weighted by Gasteiger charge is -2.14. The van der Waals surface area contributed by atoms with E-state index in [4.69, 9.17) is 4.42 Å². The minimum atomic E-state index is -0.107. The Balaban J connectivity index is 1.56. The molecule has 1 N–H and O–H groups in total. The lowest BCUT2D eigenvalue weighted by atomic mass is 9.98. The molecule has 8 heteroatoms. The zero-order valence-electron chi connectivity index (χ0n) is 15.4. The molecule has 4 rings (SSSR count). The van der Waals surface area contributed by atoms with Crippen molar-refractivity contribution in [1.29, 1.82) is 0 Å². The van der Waals surface area contributed by atoms with Crippen molar-refractivity contribution in [2.24, 2.45) is 0 Å². The summed E-state index contributed by atoms with van der Waals surface area (Å²) in [5, 5.41) is 3.51. The summed E-state index contributed by atoms with van der Waals surface area (Å²) in [5.74, 6) is 0.823. The first-order valence-corrected chi connectivity index (χ1v) is 11.1. The van der Waals surface area contributed by atoms with Crippen LogP contribution in [0.15, 0.2) is 45.4 Å². The van der Waals surface area contributed by atoms with Gasteiger partial charge in [0.1, 0.15) is 16.1 Å². The molecule has 3 heterocycles. The van der Waals surface area contributed by atoms with Crippen LogP contribution in [0.25, 0.3) is 10.3 Å². The molecule has 1 aliphatic carbocycles. The van der Waals surface area contributed by atoms with Gasteiger partial charge in [0.2, 0.25) is 11.3 Å². The van der Waals surface area contributed by atoms with Crippen molar-refractivity contribution in [3.63, 3.8) is 0 Å². The number of allylic oxidation sites excluding steroid dienone is 1. The first kappa shape index (κ1) is 19.0. The van der Waals surface area contributed by atoms with Gasteiger partial charge in [-0.05, 0) is 37.8 Å². The Hall–Kier alpha value is -2.32. The summed E-state index contributed by atoms with van der Waals surface area (Å²) >= 11 is 3.00. The Morgan fingerprint density at radius 3 is 3.07 bits per heavy atom. The Bertz CT molecular complexity index is 1070. The summed E-state index contributed by atoms with van der Waals surface area (Å²) in [4.78, 5) is 31.8. The Kier molecular flexibility index (Phi) is 5.68. The van der Waals surface area contributed by atoms with Gasteiger partial charge in [0.15, 0.2) is 5.16 Å². The third-order valence-electron chi connectivity index (χ3n) is 4.70. The Morgan fingerprint density at radius 2 is 2.29 bits per heavy atom. The lowest BCUT2D eigenvalue weighted by molar-refractivity contribution is -0.118. The molecule has 0 bridgehead atoms. The molecule has 28 heavy (non-hydrogen) atoms. The van der Waals surface area contributed by atoms with E-state index >= 15 is 0 Å². The van der Waals surface area contributed by atoms with Gasteiger partial charge in [-0.2, -0.15) is 0 Å². The van der Waals surface area contributed by atoms with Crippen molar-refractivity contribution in [2.45, 2.75) is 43.9 Å². The number of nitrogens with zero attached hydrogens (tertiary/aromatic N) is 2. The molecule has 0 unspecified atom stereocenters. The molecule has 0 fully saturated rings. The second kappa shape index (κ2) is 8.36. The van der Waals surface area contributed by atoms with Crippen LogP contribution < -0.4 is 10.7 Å². The number of thioether (sulfide) groups is 1. The number of aryl methyl sites for hydroxylation is 1. The van der Waals surface area contributed by atoms with Gasteiger partial charge in [-0.3, -0.25) is 9.59 Å². The van der Waals surface area contributed by atoms with E-state index in [9.17, 15) is 9.59 Å². The molecule has 0 saturated heterocycles. The normalized spacial score (nSPS) is 13.4. The number of fused-ring (bicyclic) bond motifs is 2. The van der Waals surface area contributed by atoms with Crippen LogP contribution in [0.5, 0.6) is 0 Å². The summed E-state index contributed by atoms with van der Waals surface area (Å²) < 4.78 is 7.21. The van der Waals surface area contributed by atoms with Gasteiger partial charge >= 0.3 is 0 Å². The highest BCUT2D eigenvalue weighted by Gasteiger charge is 2.21. The van der Waals surface area contributed by atoms with Crippen molar-refractivity contribution in [3.05, 3.63) is 57.5 Å². The van der Waals surface area contributed by atoms with Crippen LogP contribution in [0.2, 0.25) is 0 Å². The molecule has 6 nitrogen and oxygen atoms in total. The number of carbonyl (C=O) groups is 1. The van der Waals surface area contributed by atoms with Crippen LogP contribution in [-0.4, -0.2) is 21.2 Å². The summed E-state index contributed by atoms with van der Waals surface area (Å²) in [6.07, 6.45) is 7.36. The predicted molar refractivity (Wildman–Crippen MR) is 112 cm³/mol. The molecule has 1 aliphatic rings. The molecular formula is C20H21N3O3S2. The number of rotatable bonds is 7. The fraction of sp³-hybridized carbons (Fsp3) is 0.350. The standard InChI is InChI=1S/C20H21N3O3S2/c1-2-9-23-19-17(18(25)14-7-3-4-8-15(14)28-19)22-20(23)27-12-16(24)21-11-13-6-5-10-26-13/h2,5-6,10H,1,3-4,7-9,11-12H2,(H,21,24). The van der Waals surface area contributed by atoms with Gasteiger partial charge in [0, 0.05) is 17.0 Å². The second-order valence-corrected chi connectivity index (χ2v) is 8.66. The highest BCUT2D eigenvalue weighted by atomic mass is 32.2. The zero-order chi connectivity index (χ0) is 19.5. The molecule has 0 saturated carbocycles. The average Bonchev–Trinajstić information content (AvgIpc) is 3.34. The number of carbonyl (C=O) groups excluding carboxylic acids is 1. The molecule has 0 atom stereocenters. The second-order valence-electron chi connectivity index (χ2n) is 6.63. The van der Waals surface area contributed by atoms with E-state index in [1.165, 1.54) is 16.6 Å². The minimum absolute atomic E-state index is 0.0513. The molecule has 3 aromatic rings. The maximum atomic E-state index is 12.9. The highest BCUT2D eigenvalue weighted by Crippen LogP contribution is 2.31. The fourth-order valence-electron chi connectivity index (χ4n) is 3.34. The number of nitrogens with one attached hydrogen (secondary N) is 1. The Labute approximate surface area is 170 Å². The highest BCUT2D eigenvalue weighted by molar-refractivity contribution is 7.99. The van der Waals surface area contributed by atoms with Gasteiger partial charge in [-0.15, -0.1) is 17.9 Å². The number of aromatic nitrogens is 2. The number of hydrogen-bond donors (Lipinski definition) is 1. The third kappa shape index (κ3) is 3.79. The van der Waals surface area contributed by atoms with Crippen molar-refractivity contribution in [3.8, 4) is 0 Å². The van der Waals surface area contributed by atoms with Gasteiger partial charge < -0.3 is 14.3 Å². The van der Waals surface area contributed by atoms with Gasteiger partial charge in [-0.25, -0.2) is 4.98 Å². The molecule has 146 valence electrons. The fourth-order valence-corrected chi connectivity index (χ4v) is 5.54. The minimum Gasteiger partial charge on any atom is -0.467 e. The maximum Gasteiger partial charge on any atom is 0.230 e. The largest absolute Gasteiger partial charge is 0.467 e. The molecule has 0 spiro atoms. The van der Waals surface area contributed by atoms with Gasteiger partial charge in [0.25, 0.3) is 0 Å². The van der Waals surface area contributed by atoms with Gasteiger partial charge in [-0.1, -0.05) is 17.8 Å². The summed E-state index contributed by atoms with van der Waals surface area (Å²) in [7, 11) is 0. The smallest absolute Gasteiger partial charge is 0.230 e. The topological polar surface area (TPSA) is 77.1 Å². The van der Waals surface area contributed by atoms with E-state index in [0.717, 1.165) is 36.1 Å². The zero-order valence-corrected chi connectivity index (χ0v) is 17.0. The summed E-state index contributed by atoms with van der Waals surface area (Å²) in [6.45, 7) is 4.74. The molecule has 0 aliphatic heterocycles. The molecule has 0 radical (unpaired) electrons. The molecule has 0 aromatic carbocycles. The van der Waals surface area contributed by atoms with Crippen molar-refractivity contribution < 1.29 is 9.21 Å². The van der Waals surface area contributed by atoms with E-state index in [1.54, 1.807) is 29.7 Å². The van der Waals surface area contributed by atoms with E-state index in [2.05, 4.69) is 16.9 Å². The quantitative estimate of drug-likeness (QED) is 0.472. The first-order valence-electron chi connectivity index (χ1n) is 9.25. The molecular weight excluding hydrogens is 394 g/mol. The maximum absolute atomic E-state index is 12.9. The monoisotopic (exact) mass is 415 g/mol. The Morgan fingerprint density at radius 1 is 1.43 bits per heavy atom. The van der Waals surface area contributed by atoms with Crippen molar-refractivity contribution >= 4 is 39.4 Å². The first-order chi connectivity index (χ1) is 13.7. The van der Waals surface area contributed by atoms with Crippen molar-refractivity contribution in [2.75, 3.05) is 5.75 Å². The lowest BCUT2D eigenvalue weighted by Crippen LogP contribution is -2.24. The average molecular weight is 416 g/mol.